The Hall–Kier alpha value is -1.76. The molecule has 0 bridgehead atoms. The Labute approximate surface area is 146 Å². The van der Waals surface area contributed by atoms with Crippen molar-refractivity contribution in [1.29, 1.82) is 0 Å². The molecule has 1 aromatic carbocycles. The molecular formula is C16H17B2F3N2O2. The molecule has 1 aliphatic rings. The van der Waals surface area contributed by atoms with E-state index in [1.54, 1.807) is 6.92 Å². The monoisotopic (exact) mass is 348 g/mol. The molecule has 4 nitrogen and oxygen atoms in total. The lowest BCUT2D eigenvalue weighted by Gasteiger charge is -2.37. The summed E-state index contributed by atoms with van der Waals surface area (Å²) in [5, 5.41) is -1.73. The van der Waals surface area contributed by atoms with Crippen LogP contribution in [-0.2, 0) is 21.1 Å². The van der Waals surface area contributed by atoms with Gasteiger partial charge in [-0.3, -0.25) is 4.79 Å². The van der Waals surface area contributed by atoms with Crippen LogP contribution < -0.4 is 5.73 Å². The van der Waals surface area contributed by atoms with Crippen molar-refractivity contribution < 1.29 is 22.8 Å². The molecule has 0 saturated heterocycles. The van der Waals surface area contributed by atoms with Crippen molar-refractivity contribution in [3.8, 4) is 0 Å². The highest BCUT2D eigenvalue weighted by Crippen LogP contribution is 2.46. The number of hydrogen-bond acceptors (Lipinski definition) is 3. The summed E-state index contributed by atoms with van der Waals surface area (Å²) in [4.78, 5) is 24.2. The van der Waals surface area contributed by atoms with Crippen molar-refractivity contribution in [2.45, 2.75) is 50.3 Å². The van der Waals surface area contributed by atoms with Gasteiger partial charge in [0.25, 0.3) is 0 Å². The Morgan fingerprint density at radius 3 is 2.56 bits per heavy atom. The second kappa shape index (κ2) is 6.52. The molecule has 1 unspecified atom stereocenters. The number of halogens is 3. The van der Waals surface area contributed by atoms with Gasteiger partial charge in [0.05, 0.1) is 33.3 Å². The van der Waals surface area contributed by atoms with Crippen LogP contribution in [0.5, 0.6) is 0 Å². The lowest BCUT2D eigenvalue weighted by molar-refractivity contribution is -0.138. The summed E-state index contributed by atoms with van der Waals surface area (Å²) in [6.45, 7) is 2.88. The molecule has 1 amide bonds. The minimum Gasteiger partial charge on any atom is -0.343 e. The maximum atomic E-state index is 13.2. The molecule has 1 heterocycles. The zero-order valence-electron chi connectivity index (χ0n) is 13.9. The molecule has 0 aromatic heterocycles. The Kier molecular flexibility index (Phi) is 5.10. The largest absolute Gasteiger partial charge is 0.416 e. The first-order chi connectivity index (χ1) is 11.4. The van der Waals surface area contributed by atoms with E-state index in [2.05, 4.69) is 0 Å². The normalized spacial score (nSPS) is 20.2. The number of carbonyl (C=O) groups excluding carboxylic acids is 2. The minimum atomic E-state index is -4.52. The van der Waals surface area contributed by atoms with Gasteiger partial charge in [-0.2, -0.15) is 13.2 Å². The molecule has 25 heavy (non-hydrogen) atoms. The van der Waals surface area contributed by atoms with Gasteiger partial charge in [0.1, 0.15) is 6.29 Å². The maximum Gasteiger partial charge on any atom is 0.416 e. The number of amides is 1. The van der Waals surface area contributed by atoms with Crippen LogP contribution in [0, 0.1) is 6.92 Å². The van der Waals surface area contributed by atoms with Crippen molar-refractivity contribution in [2.75, 3.05) is 0 Å². The van der Waals surface area contributed by atoms with Crippen molar-refractivity contribution in [3.63, 3.8) is 0 Å². The fourth-order valence-corrected chi connectivity index (χ4v) is 3.21. The van der Waals surface area contributed by atoms with Crippen LogP contribution in [-0.4, -0.2) is 38.8 Å². The van der Waals surface area contributed by atoms with E-state index in [1.807, 2.05) is 0 Å². The highest BCUT2D eigenvalue weighted by molar-refractivity contribution is 6.41. The van der Waals surface area contributed by atoms with E-state index in [1.165, 1.54) is 13.0 Å². The topological polar surface area (TPSA) is 63.4 Å². The van der Waals surface area contributed by atoms with Crippen molar-refractivity contribution in [2.24, 2.45) is 5.73 Å². The molecule has 4 radical (unpaired) electrons. The first-order valence-corrected chi connectivity index (χ1v) is 7.74. The standard InChI is InChI=1S/C16H17B2F3N2O2/c1-8-5-13-11(6-12(8)16(19,20)21)9(2)23(15(13,17)18)14(25)4-3-10(22)7-24/h5-7,9-10H,3-4,22H2,1-2H3/t9?,10-/m1/s1. The SMILES string of the molecule is [B]C1([B])c2cc(C)c(C(F)(F)F)cc2C(C)N1C(=O)CC[C@@H](N)C=O. The lowest BCUT2D eigenvalue weighted by Crippen LogP contribution is -2.47. The predicted molar refractivity (Wildman–Crippen MR) is 87.9 cm³/mol. The van der Waals surface area contributed by atoms with Gasteiger partial charge in [-0.05, 0) is 48.4 Å². The van der Waals surface area contributed by atoms with Gasteiger partial charge in [0.15, 0.2) is 0 Å². The molecule has 2 rings (SSSR count). The zero-order valence-corrected chi connectivity index (χ0v) is 13.9. The summed E-state index contributed by atoms with van der Waals surface area (Å²) in [7, 11) is 12.2. The minimum absolute atomic E-state index is 0.0176. The quantitative estimate of drug-likeness (QED) is 0.665. The van der Waals surface area contributed by atoms with Gasteiger partial charge in [0, 0.05) is 6.42 Å². The number of aryl methyl sites for hydroxylation is 1. The lowest BCUT2D eigenvalue weighted by atomic mass is 9.57. The highest BCUT2D eigenvalue weighted by Gasteiger charge is 2.45. The molecular weight excluding hydrogens is 331 g/mol. The number of nitrogens with zero attached hydrogens (tertiary/aromatic N) is 1. The molecule has 2 atom stereocenters. The predicted octanol–water partition coefficient (Wildman–Crippen LogP) is 1.67. The number of aldehydes is 1. The highest BCUT2D eigenvalue weighted by atomic mass is 19.4. The van der Waals surface area contributed by atoms with E-state index in [-0.39, 0.29) is 29.5 Å². The number of rotatable bonds is 4. The molecule has 2 N–H and O–H groups in total. The van der Waals surface area contributed by atoms with Gasteiger partial charge < -0.3 is 15.4 Å². The number of nitrogens with two attached hydrogens (primary N) is 1. The zero-order chi connectivity index (χ0) is 19.2. The van der Waals surface area contributed by atoms with E-state index >= 15 is 0 Å². The smallest absolute Gasteiger partial charge is 0.343 e. The van der Waals surface area contributed by atoms with Crippen LogP contribution in [0.15, 0.2) is 12.1 Å². The summed E-state index contributed by atoms with van der Waals surface area (Å²) in [6.07, 6.45) is -3.98. The van der Waals surface area contributed by atoms with E-state index < -0.39 is 35.1 Å². The maximum absolute atomic E-state index is 13.2. The van der Waals surface area contributed by atoms with Crippen LogP contribution >= 0.6 is 0 Å². The number of hydrogen-bond donors (Lipinski definition) is 1. The average molecular weight is 348 g/mol. The van der Waals surface area contributed by atoms with Crippen LogP contribution in [0.2, 0.25) is 0 Å². The molecule has 0 spiro atoms. The Morgan fingerprint density at radius 2 is 2.04 bits per heavy atom. The van der Waals surface area contributed by atoms with E-state index in [4.69, 9.17) is 21.4 Å². The Balaban J connectivity index is 2.41. The van der Waals surface area contributed by atoms with E-state index in [0.717, 1.165) is 11.0 Å². The Morgan fingerprint density at radius 1 is 1.44 bits per heavy atom. The molecule has 9 heteroatoms. The van der Waals surface area contributed by atoms with Crippen LogP contribution in [0.1, 0.15) is 48.1 Å². The van der Waals surface area contributed by atoms with Crippen molar-refractivity contribution in [3.05, 3.63) is 34.4 Å². The van der Waals surface area contributed by atoms with Crippen LogP contribution in [0.25, 0.3) is 0 Å². The first-order valence-electron chi connectivity index (χ1n) is 7.74. The number of benzene rings is 1. The van der Waals surface area contributed by atoms with Gasteiger partial charge in [-0.1, -0.05) is 6.07 Å². The molecule has 0 aliphatic carbocycles. The summed E-state index contributed by atoms with van der Waals surface area (Å²) >= 11 is 0. The third-order valence-electron chi connectivity index (χ3n) is 4.50. The summed E-state index contributed by atoms with van der Waals surface area (Å²) in [5.41, 5.74) is 5.20. The van der Waals surface area contributed by atoms with Gasteiger partial charge in [0.2, 0.25) is 5.91 Å². The molecule has 0 saturated carbocycles. The van der Waals surface area contributed by atoms with Gasteiger partial charge >= 0.3 is 6.18 Å². The number of carbonyl (C=O) groups is 2. The van der Waals surface area contributed by atoms with Crippen LogP contribution in [0.4, 0.5) is 13.2 Å². The van der Waals surface area contributed by atoms with Crippen molar-refractivity contribution >= 4 is 27.9 Å². The fraction of sp³-hybridized carbons (Fsp3) is 0.500. The summed E-state index contributed by atoms with van der Waals surface area (Å²) in [6, 6.07) is 0.743. The summed E-state index contributed by atoms with van der Waals surface area (Å²) < 4.78 is 39.5. The van der Waals surface area contributed by atoms with Gasteiger partial charge in [-0.15, -0.1) is 0 Å². The van der Waals surface area contributed by atoms with E-state index in [9.17, 15) is 22.8 Å². The third kappa shape index (κ3) is 3.47. The van der Waals surface area contributed by atoms with Gasteiger partial charge in [-0.25, -0.2) is 0 Å². The molecule has 0 fully saturated rings. The average Bonchev–Trinajstić information content (AvgIpc) is 2.69. The second-order valence-electron chi connectivity index (χ2n) is 6.36. The fourth-order valence-electron chi connectivity index (χ4n) is 3.21. The number of alkyl halides is 3. The second-order valence-corrected chi connectivity index (χ2v) is 6.36. The Bertz CT molecular complexity index is 707. The van der Waals surface area contributed by atoms with Crippen LogP contribution in [0.3, 0.4) is 0 Å². The third-order valence-corrected chi connectivity index (χ3v) is 4.50. The first kappa shape index (κ1) is 19.6. The molecule has 130 valence electrons. The van der Waals surface area contributed by atoms with E-state index in [0.29, 0.717) is 6.29 Å². The summed E-state index contributed by atoms with van der Waals surface area (Å²) in [5.74, 6) is -0.475. The molecule has 1 aliphatic heterocycles. The number of fused-ring (bicyclic) bond motifs is 1. The van der Waals surface area contributed by atoms with Crippen molar-refractivity contribution in [1.82, 2.24) is 4.90 Å². The molecule has 1 aromatic rings.